The van der Waals surface area contributed by atoms with Crippen LogP contribution in [0.25, 0.3) is 0 Å². The molecule has 0 aliphatic carbocycles. The number of piperazine rings is 1. The summed E-state index contributed by atoms with van der Waals surface area (Å²) in [6, 6.07) is 0. The van der Waals surface area contributed by atoms with Crippen LogP contribution < -0.4 is 5.32 Å². The number of rotatable bonds is 5. The molecule has 0 saturated carbocycles. The Balaban J connectivity index is 1.85. The quantitative estimate of drug-likeness (QED) is 0.862. The van der Waals surface area contributed by atoms with Gasteiger partial charge < -0.3 is 10.2 Å². The van der Waals surface area contributed by atoms with Crippen molar-refractivity contribution in [3.8, 4) is 0 Å². The van der Waals surface area contributed by atoms with E-state index in [0.717, 1.165) is 32.7 Å². The maximum Gasteiger partial charge on any atom is 0.254 e. The highest BCUT2D eigenvalue weighted by atomic mass is 16.1. The number of nitrogens with zero attached hydrogens (tertiary/aromatic N) is 4. The summed E-state index contributed by atoms with van der Waals surface area (Å²) < 4.78 is 0. The third-order valence-electron chi connectivity index (χ3n) is 4.18. The van der Waals surface area contributed by atoms with Crippen molar-refractivity contribution in [3.05, 3.63) is 24.3 Å². The average Bonchev–Trinajstić information content (AvgIpc) is 2.53. The molecule has 1 fully saturated rings. The molecule has 2 rings (SSSR count). The number of carbonyl (C=O) groups excluding carboxylic acids is 1. The summed E-state index contributed by atoms with van der Waals surface area (Å²) in [5, 5.41) is 2.99. The monoisotopic (exact) mass is 291 g/mol. The highest BCUT2D eigenvalue weighted by molar-refractivity contribution is 5.93. The first-order chi connectivity index (χ1) is 10.0. The third kappa shape index (κ3) is 4.22. The van der Waals surface area contributed by atoms with Crippen LogP contribution in [0.2, 0.25) is 0 Å². The molecule has 0 spiro atoms. The lowest BCUT2D eigenvalue weighted by atomic mass is 10.0. The molecule has 1 amide bonds. The van der Waals surface area contributed by atoms with Crippen LogP contribution >= 0.6 is 0 Å². The van der Waals surface area contributed by atoms with E-state index in [9.17, 15) is 4.79 Å². The Hall–Kier alpha value is -1.53. The van der Waals surface area contributed by atoms with Crippen LogP contribution in [0.1, 0.15) is 31.1 Å². The molecule has 6 heteroatoms. The summed E-state index contributed by atoms with van der Waals surface area (Å²) in [5.41, 5.74) is 0.453. The first-order valence-electron chi connectivity index (χ1n) is 7.53. The summed E-state index contributed by atoms with van der Waals surface area (Å²) >= 11 is 0. The number of carbonyl (C=O) groups is 1. The number of aromatic nitrogens is 2. The van der Waals surface area contributed by atoms with Crippen LogP contribution in [-0.4, -0.2) is 70.5 Å². The van der Waals surface area contributed by atoms with E-state index in [1.807, 2.05) is 0 Å². The summed E-state index contributed by atoms with van der Waals surface area (Å²) in [5.74, 6) is -0.115. The number of amides is 1. The molecular weight excluding hydrogens is 266 g/mol. The van der Waals surface area contributed by atoms with E-state index < -0.39 is 0 Å². The zero-order valence-corrected chi connectivity index (χ0v) is 13.2. The zero-order chi connectivity index (χ0) is 15.3. The van der Waals surface area contributed by atoms with E-state index in [1.54, 1.807) is 0 Å². The molecule has 1 aliphatic heterocycles. The molecule has 6 nitrogen and oxygen atoms in total. The van der Waals surface area contributed by atoms with Crippen LogP contribution in [0.15, 0.2) is 18.7 Å². The predicted octanol–water partition coefficient (Wildman–Crippen LogP) is 0.623. The standard InChI is InChI=1S/C15H25N5O/c1-4-19-5-7-20(8-6-19)15(2,3)11-18-14(21)13-9-16-12-17-10-13/h9-10,12H,4-8,11H2,1-3H3,(H,18,21). The number of hydrogen-bond donors (Lipinski definition) is 1. The average molecular weight is 291 g/mol. The Morgan fingerprint density at radius 3 is 2.43 bits per heavy atom. The molecule has 0 unspecified atom stereocenters. The molecule has 1 aliphatic rings. The first kappa shape index (κ1) is 15.9. The molecule has 21 heavy (non-hydrogen) atoms. The highest BCUT2D eigenvalue weighted by Gasteiger charge is 2.29. The van der Waals surface area contributed by atoms with Gasteiger partial charge in [0.1, 0.15) is 6.33 Å². The van der Waals surface area contributed by atoms with Crippen molar-refractivity contribution in [1.29, 1.82) is 0 Å². The van der Waals surface area contributed by atoms with Gasteiger partial charge in [-0.2, -0.15) is 0 Å². The Kier molecular flexibility index (Phi) is 5.25. The van der Waals surface area contributed by atoms with Crippen molar-refractivity contribution >= 4 is 5.91 Å². The summed E-state index contributed by atoms with van der Waals surface area (Å²) in [7, 11) is 0. The van der Waals surface area contributed by atoms with Crippen LogP contribution in [-0.2, 0) is 0 Å². The van der Waals surface area contributed by atoms with Gasteiger partial charge >= 0.3 is 0 Å². The van der Waals surface area contributed by atoms with E-state index in [4.69, 9.17) is 0 Å². The minimum Gasteiger partial charge on any atom is -0.350 e. The van der Waals surface area contributed by atoms with E-state index in [0.29, 0.717) is 12.1 Å². The van der Waals surface area contributed by atoms with Gasteiger partial charge in [0.15, 0.2) is 0 Å². The van der Waals surface area contributed by atoms with Gasteiger partial charge in [0.2, 0.25) is 0 Å². The Bertz CT molecular complexity index is 454. The minimum absolute atomic E-state index is 0.0505. The second kappa shape index (κ2) is 6.95. The van der Waals surface area contributed by atoms with Gasteiger partial charge in [-0.3, -0.25) is 9.69 Å². The fourth-order valence-electron chi connectivity index (χ4n) is 2.60. The topological polar surface area (TPSA) is 61.4 Å². The summed E-state index contributed by atoms with van der Waals surface area (Å²) in [6.45, 7) is 12.6. The lowest BCUT2D eigenvalue weighted by Crippen LogP contribution is -2.58. The number of nitrogens with one attached hydrogen (secondary N) is 1. The summed E-state index contributed by atoms with van der Waals surface area (Å²) in [4.78, 5) is 24.7. The van der Waals surface area contributed by atoms with Gasteiger partial charge in [0.25, 0.3) is 5.91 Å². The van der Waals surface area contributed by atoms with Crippen LogP contribution in [0, 0.1) is 0 Å². The molecule has 0 aromatic carbocycles. The Morgan fingerprint density at radius 2 is 1.86 bits per heavy atom. The summed E-state index contributed by atoms with van der Waals surface area (Å²) in [6.07, 6.45) is 4.50. The molecule has 1 saturated heterocycles. The molecule has 0 atom stereocenters. The largest absolute Gasteiger partial charge is 0.350 e. The fourth-order valence-corrected chi connectivity index (χ4v) is 2.60. The lowest BCUT2D eigenvalue weighted by Gasteiger charge is -2.44. The van der Waals surface area contributed by atoms with Crippen LogP contribution in [0.5, 0.6) is 0 Å². The SMILES string of the molecule is CCN1CCN(C(C)(C)CNC(=O)c2cncnc2)CC1. The Labute approximate surface area is 126 Å². The van der Waals surface area contributed by atoms with E-state index >= 15 is 0 Å². The highest BCUT2D eigenvalue weighted by Crippen LogP contribution is 2.16. The van der Waals surface area contributed by atoms with Crippen LogP contribution in [0.3, 0.4) is 0 Å². The van der Waals surface area contributed by atoms with Gasteiger partial charge in [-0.15, -0.1) is 0 Å². The first-order valence-corrected chi connectivity index (χ1v) is 7.53. The molecular formula is C15H25N5O. The minimum atomic E-state index is -0.115. The van der Waals surface area contributed by atoms with Crippen molar-refractivity contribution in [1.82, 2.24) is 25.1 Å². The lowest BCUT2D eigenvalue weighted by molar-refractivity contribution is 0.0521. The number of likely N-dealkylation sites (N-methyl/N-ethyl adjacent to an activating group) is 1. The van der Waals surface area contributed by atoms with Gasteiger partial charge in [-0.1, -0.05) is 6.92 Å². The second-order valence-corrected chi connectivity index (χ2v) is 6.04. The fraction of sp³-hybridized carbons (Fsp3) is 0.667. The van der Waals surface area contributed by atoms with Crippen molar-refractivity contribution in [2.24, 2.45) is 0 Å². The van der Waals surface area contributed by atoms with Crippen molar-refractivity contribution in [2.75, 3.05) is 39.3 Å². The molecule has 0 radical (unpaired) electrons. The zero-order valence-electron chi connectivity index (χ0n) is 13.2. The maximum atomic E-state index is 12.1. The molecule has 116 valence electrons. The van der Waals surface area contributed by atoms with Gasteiger partial charge in [0, 0.05) is 50.7 Å². The van der Waals surface area contributed by atoms with E-state index in [-0.39, 0.29) is 11.4 Å². The molecule has 1 N–H and O–H groups in total. The second-order valence-electron chi connectivity index (χ2n) is 6.04. The predicted molar refractivity (Wildman–Crippen MR) is 82.1 cm³/mol. The van der Waals surface area contributed by atoms with Gasteiger partial charge in [0.05, 0.1) is 5.56 Å². The smallest absolute Gasteiger partial charge is 0.254 e. The Morgan fingerprint density at radius 1 is 1.24 bits per heavy atom. The van der Waals surface area contributed by atoms with Gasteiger partial charge in [-0.05, 0) is 20.4 Å². The van der Waals surface area contributed by atoms with Crippen molar-refractivity contribution in [3.63, 3.8) is 0 Å². The third-order valence-corrected chi connectivity index (χ3v) is 4.18. The van der Waals surface area contributed by atoms with Gasteiger partial charge in [-0.25, -0.2) is 9.97 Å². The van der Waals surface area contributed by atoms with Crippen molar-refractivity contribution in [2.45, 2.75) is 26.3 Å². The number of hydrogen-bond acceptors (Lipinski definition) is 5. The maximum absolute atomic E-state index is 12.1. The normalized spacial score (nSPS) is 17.7. The van der Waals surface area contributed by atoms with E-state index in [2.05, 4.69) is 45.9 Å². The van der Waals surface area contributed by atoms with Crippen LogP contribution in [0.4, 0.5) is 0 Å². The van der Waals surface area contributed by atoms with E-state index in [1.165, 1.54) is 18.7 Å². The molecule has 1 aromatic rings. The molecule has 1 aromatic heterocycles. The molecule has 0 bridgehead atoms. The van der Waals surface area contributed by atoms with Crippen molar-refractivity contribution < 1.29 is 4.79 Å². The molecule has 2 heterocycles.